The number of hydrogen-bond donors (Lipinski definition) is 2. The molecule has 2 N–H and O–H groups in total. The van der Waals surface area contributed by atoms with Crippen LogP contribution in [0.3, 0.4) is 0 Å². The van der Waals surface area contributed by atoms with Crippen LogP contribution in [0.4, 0.5) is 0 Å². The van der Waals surface area contributed by atoms with E-state index in [0.717, 1.165) is 35.8 Å². The Bertz CT molecular complexity index is 296. The third kappa shape index (κ3) is 2.84. The van der Waals surface area contributed by atoms with E-state index in [4.69, 9.17) is 0 Å². The van der Waals surface area contributed by atoms with Crippen LogP contribution in [0.15, 0.2) is 0 Å². The first-order valence-corrected chi connectivity index (χ1v) is 9.17. The van der Waals surface area contributed by atoms with Gasteiger partial charge < -0.3 is 10.4 Å². The van der Waals surface area contributed by atoms with Gasteiger partial charge in [-0.1, -0.05) is 26.7 Å². The first kappa shape index (κ1) is 14.2. The van der Waals surface area contributed by atoms with Gasteiger partial charge in [-0.3, -0.25) is 0 Å². The highest BCUT2D eigenvalue weighted by atomic mass is 32.2. The highest BCUT2D eigenvalue weighted by Crippen LogP contribution is 2.44. The van der Waals surface area contributed by atoms with Crippen molar-refractivity contribution in [2.75, 3.05) is 0 Å². The van der Waals surface area contributed by atoms with Gasteiger partial charge in [0.25, 0.3) is 0 Å². The van der Waals surface area contributed by atoms with Crippen LogP contribution in [0, 0.1) is 5.92 Å². The van der Waals surface area contributed by atoms with Gasteiger partial charge in [0.15, 0.2) is 0 Å². The van der Waals surface area contributed by atoms with E-state index in [1.807, 2.05) is 0 Å². The number of hydrogen-bond acceptors (Lipinski definition) is 3. The van der Waals surface area contributed by atoms with E-state index in [1.165, 1.54) is 32.1 Å². The van der Waals surface area contributed by atoms with Crippen LogP contribution in [-0.2, 0) is 0 Å². The molecule has 3 fully saturated rings. The lowest BCUT2D eigenvalue weighted by atomic mass is 9.83. The van der Waals surface area contributed by atoms with E-state index < -0.39 is 5.60 Å². The SMILES string of the molecule is CC(C)C1(O)CCC2NC3CCCCC3SC2CC1. The number of nitrogens with one attached hydrogen (secondary N) is 1. The summed E-state index contributed by atoms with van der Waals surface area (Å²) in [4.78, 5) is 0. The monoisotopic (exact) mass is 283 g/mol. The molecule has 0 amide bonds. The topological polar surface area (TPSA) is 32.3 Å². The van der Waals surface area contributed by atoms with Crippen LogP contribution >= 0.6 is 11.8 Å². The van der Waals surface area contributed by atoms with Gasteiger partial charge in [-0.25, -0.2) is 0 Å². The molecule has 2 aliphatic carbocycles. The van der Waals surface area contributed by atoms with Gasteiger partial charge in [0, 0.05) is 22.6 Å². The molecule has 0 radical (unpaired) electrons. The lowest BCUT2D eigenvalue weighted by molar-refractivity contribution is -0.0192. The van der Waals surface area contributed by atoms with Crippen molar-refractivity contribution < 1.29 is 5.11 Å². The second-order valence-electron chi connectivity index (χ2n) is 7.21. The van der Waals surface area contributed by atoms with Crippen LogP contribution in [0.2, 0.25) is 0 Å². The molecule has 0 spiro atoms. The Labute approximate surface area is 122 Å². The summed E-state index contributed by atoms with van der Waals surface area (Å²) in [5, 5.41) is 16.3. The lowest BCUT2D eigenvalue weighted by Gasteiger charge is -2.44. The minimum Gasteiger partial charge on any atom is -0.390 e. The molecule has 0 aromatic heterocycles. The molecule has 1 heterocycles. The summed E-state index contributed by atoms with van der Waals surface area (Å²) in [5.41, 5.74) is -0.412. The van der Waals surface area contributed by atoms with Crippen LogP contribution in [0.5, 0.6) is 0 Å². The maximum absolute atomic E-state index is 10.8. The van der Waals surface area contributed by atoms with Crippen LogP contribution in [0.1, 0.15) is 65.2 Å². The van der Waals surface area contributed by atoms with Crippen LogP contribution in [-0.4, -0.2) is 33.3 Å². The van der Waals surface area contributed by atoms with Crippen molar-refractivity contribution in [3.05, 3.63) is 0 Å². The largest absolute Gasteiger partial charge is 0.390 e. The van der Waals surface area contributed by atoms with Crippen LogP contribution in [0.25, 0.3) is 0 Å². The molecule has 0 aromatic rings. The summed E-state index contributed by atoms with van der Waals surface area (Å²) in [6.45, 7) is 4.35. The Morgan fingerprint density at radius 2 is 1.63 bits per heavy atom. The average Bonchev–Trinajstić information content (AvgIpc) is 2.57. The standard InChI is InChI=1S/C16H29NOS/c1-11(2)16(18)9-7-13-15(8-10-16)19-14-6-4-3-5-12(14)17-13/h11-15,17-18H,3-10H2,1-2H3. The summed E-state index contributed by atoms with van der Waals surface area (Å²) < 4.78 is 0. The fourth-order valence-corrected chi connectivity index (χ4v) is 6.00. The zero-order valence-corrected chi connectivity index (χ0v) is 13.2. The number of fused-ring (bicyclic) bond motifs is 2. The minimum atomic E-state index is -0.412. The smallest absolute Gasteiger partial charge is 0.0671 e. The second kappa shape index (κ2) is 5.57. The van der Waals surface area contributed by atoms with Gasteiger partial charge in [0.1, 0.15) is 0 Å². The molecule has 5 atom stereocenters. The zero-order chi connectivity index (χ0) is 13.5. The fraction of sp³-hybridized carbons (Fsp3) is 1.00. The van der Waals surface area contributed by atoms with Gasteiger partial charge in [0.2, 0.25) is 0 Å². The van der Waals surface area contributed by atoms with Gasteiger partial charge in [0.05, 0.1) is 5.60 Å². The summed E-state index contributed by atoms with van der Waals surface area (Å²) >= 11 is 2.25. The summed E-state index contributed by atoms with van der Waals surface area (Å²) in [7, 11) is 0. The van der Waals surface area contributed by atoms with Crippen molar-refractivity contribution in [3.63, 3.8) is 0 Å². The fourth-order valence-electron chi connectivity index (χ4n) is 4.19. The number of rotatable bonds is 1. The normalized spacial score (nSPS) is 47.4. The molecule has 2 saturated carbocycles. The molecule has 110 valence electrons. The Hall–Kier alpha value is 0.270. The second-order valence-corrected chi connectivity index (χ2v) is 8.70. The highest BCUT2D eigenvalue weighted by Gasteiger charge is 2.43. The maximum atomic E-state index is 10.8. The molecule has 3 heteroatoms. The van der Waals surface area contributed by atoms with Gasteiger partial charge in [-0.2, -0.15) is 11.8 Å². The first-order valence-electron chi connectivity index (χ1n) is 8.22. The van der Waals surface area contributed by atoms with Crippen molar-refractivity contribution in [1.29, 1.82) is 0 Å². The van der Waals surface area contributed by atoms with E-state index in [0.29, 0.717) is 12.0 Å². The quantitative estimate of drug-likeness (QED) is 0.774. The minimum absolute atomic E-state index is 0.389. The first-order chi connectivity index (χ1) is 9.08. The molecular formula is C16H29NOS. The van der Waals surface area contributed by atoms with E-state index >= 15 is 0 Å². The summed E-state index contributed by atoms with van der Waals surface area (Å²) in [5.74, 6) is 0.389. The maximum Gasteiger partial charge on any atom is 0.0671 e. The third-order valence-corrected chi connectivity index (χ3v) is 7.58. The number of thioether (sulfide) groups is 1. The van der Waals surface area contributed by atoms with Gasteiger partial charge in [-0.15, -0.1) is 0 Å². The van der Waals surface area contributed by atoms with E-state index in [2.05, 4.69) is 30.9 Å². The molecular weight excluding hydrogens is 254 g/mol. The predicted molar refractivity (Wildman–Crippen MR) is 82.6 cm³/mol. The van der Waals surface area contributed by atoms with E-state index in [-0.39, 0.29) is 0 Å². The molecule has 1 aliphatic heterocycles. The molecule has 2 nitrogen and oxygen atoms in total. The number of aliphatic hydroxyl groups is 1. The van der Waals surface area contributed by atoms with Crippen molar-refractivity contribution >= 4 is 11.8 Å². The Balaban J connectivity index is 1.68. The Morgan fingerprint density at radius 1 is 1.00 bits per heavy atom. The summed E-state index contributed by atoms with van der Waals surface area (Å²) in [6.07, 6.45) is 9.94. The van der Waals surface area contributed by atoms with Crippen molar-refractivity contribution in [2.45, 2.75) is 93.4 Å². The third-order valence-electron chi connectivity index (χ3n) is 5.75. The zero-order valence-electron chi connectivity index (χ0n) is 12.4. The Kier molecular flexibility index (Phi) is 4.17. The molecule has 3 rings (SSSR count). The van der Waals surface area contributed by atoms with Crippen molar-refractivity contribution in [1.82, 2.24) is 5.32 Å². The Morgan fingerprint density at radius 3 is 2.42 bits per heavy atom. The van der Waals surface area contributed by atoms with Gasteiger partial charge >= 0.3 is 0 Å². The summed E-state index contributed by atoms with van der Waals surface area (Å²) in [6, 6.07) is 1.40. The van der Waals surface area contributed by atoms with E-state index in [1.54, 1.807) is 0 Å². The van der Waals surface area contributed by atoms with Crippen molar-refractivity contribution in [3.8, 4) is 0 Å². The molecule has 0 aromatic carbocycles. The van der Waals surface area contributed by atoms with Crippen molar-refractivity contribution in [2.24, 2.45) is 5.92 Å². The lowest BCUT2D eigenvalue weighted by Crippen LogP contribution is -2.54. The predicted octanol–water partition coefficient (Wildman–Crippen LogP) is 3.33. The van der Waals surface area contributed by atoms with Gasteiger partial charge in [-0.05, 0) is 44.4 Å². The molecule has 5 unspecified atom stereocenters. The average molecular weight is 283 g/mol. The highest BCUT2D eigenvalue weighted by molar-refractivity contribution is 8.00. The molecule has 0 bridgehead atoms. The molecule has 19 heavy (non-hydrogen) atoms. The van der Waals surface area contributed by atoms with Crippen LogP contribution < -0.4 is 5.32 Å². The van der Waals surface area contributed by atoms with E-state index in [9.17, 15) is 5.11 Å². The molecule has 1 saturated heterocycles. The molecule has 3 aliphatic rings.